The van der Waals surface area contributed by atoms with Gasteiger partial charge in [0.25, 0.3) is 0 Å². The highest BCUT2D eigenvalue weighted by atomic mass is 32.2. The standard InChI is InChI=1S/C23H29N3O4S/c1-3-30-17-6-4-5-16(12-17)15(2)11-21(28)25-23-19(13-24)18-7-9-26(14-20(18)31-23)22(29)8-10-27/h4-6,12,15,19,23,27H,3,7-11,14H2,1-2H3,(H,25,28). The zero-order chi connectivity index (χ0) is 22.4. The smallest absolute Gasteiger partial charge is 0.225 e. The van der Waals surface area contributed by atoms with E-state index in [0.717, 1.165) is 21.8 Å². The molecular formula is C23H29N3O4S. The second-order valence-electron chi connectivity index (χ2n) is 7.81. The summed E-state index contributed by atoms with van der Waals surface area (Å²) in [6.07, 6.45) is 1.05. The molecule has 31 heavy (non-hydrogen) atoms. The van der Waals surface area contributed by atoms with Gasteiger partial charge in [-0.15, -0.1) is 11.8 Å². The van der Waals surface area contributed by atoms with Crippen LogP contribution in [0.2, 0.25) is 0 Å². The van der Waals surface area contributed by atoms with E-state index in [-0.39, 0.29) is 42.1 Å². The molecule has 2 aliphatic rings. The fraction of sp³-hybridized carbons (Fsp3) is 0.522. The predicted octanol–water partition coefficient (Wildman–Crippen LogP) is 2.78. The van der Waals surface area contributed by atoms with E-state index >= 15 is 0 Å². The zero-order valence-electron chi connectivity index (χ0n) is 18.0. The molecule has 2 amide bonds. The Kier molecular flexibility index (Phi) is 7.99. The maximum absolute atomic E-state index is 12.7. The molecule has 0 radical (unpaired) electrons. The number of nitriles is 1. The monoisotopic (exact) mass is 443 g/mol. The summed E-state index contributed by atoms with van der Waals surface area (Å²) in [5.41, 5.74) is 2.07. The molecule has 3 atom stereocenters. The van der Waals surface area contributed by atoms with Crippen LogP contribution in [0.25, 0.3) is 0 Å². The zero-order valence-corrected chi connectivity index (χ0v) is 18.8. The Hall–Kier alpha value is -2.50. The molecule has 2 N–H and O–H groups in total. The van der Waals surface area contributed by atoms with E-state index in [1.54, 1.807) is 4.90 Å². The normalized spacial score (nSPS) is 21.3. The number of thioether (sulfide) groups is 1. The molecule has 1 aromatic carbocycles. The number of nitrogens with one attached hydrogen (secondary N) is 1. The van der Waals surface area contributed by atoms with E-state index in [0.29, 0.717) is 32.5 Å². The number of nitrogens with zero attached hydrogens (tertiary/aromatic N) is 2. The Morgan fingerprint density at radius 2 is 2.26 bits per heavy atom. The first-order valence-corrected chi connectivity index (χ1v) is 11.5. The van der Waals surface area contributed by atoms with Gasteiger partial charge in [-0.25, -0.2) is 0 Å². The predicted molar refractivity (Wildman–Crippen MR) is 119 cm³/mol. The summed E-state index contributed by atoms with van der Waals surface area (Å²) in [5, 5.41) is 21.4. The third-order valence-electron chi connectivity index (χ3n) is 5.64. The van der Waals surface area contributed by atoms with Gasteiger partial charge in [0.1, 0.15) is 5.75 Å². The van der Waals surface area contributed by atoms with Crippen molar-refractivity contribution in [3.63, 3.8) is 0 Å². The summed E-state index contributed by atoms with van der Waals surface area (Å²) >= 11 is 1.48. The van der Waals surface area contributed by atoms with E-state index in [1.165, 1.54) is 11.8 Å². The number of carbonyl (C=O) groups excluding carboxylic acids is 2. The van der Waals surface area contributed by atoms with E-state index < -0.39 is 0 Å². The molecule has 166 valence electrons. The molecule has 2 aliphatic heterocycles. The first-order chi connectivity index (χ1) is 15.0. The average molecular weight is 444 g/mol. The average Bonchev–Trinajstić information content (AvgIpc) is 3.10. The van der Waals surface area contributed by atoms with E-state index in [4.69, 9.17) is 9.84 Å². The summed E-state index contributed by atoms with van der Waals surface area (Å²) in [6.45, 7) is 5.35. The Morgan fingerprint density at radius 3 is 2.97 bits per heavy atom. The molecule has 0 spiro atoms. The number of hydrogen-bond donors (Lipinski definition) is 2. The summed E-state index contributed by atoms with van der Waals surface area (Å²) in [4.78, 5) is 27.6. The Balaban J connectivity index is 1.59. The minimum absolute atomic E-state index is 0.0153. The number of carbonyl (C=O) groups is 2. The summed E-state index contributed by atoms with van der Waals surface area (Å²) in [5.74, 6) is 0.247. The minimum atomic E-state index is -0.379. The lowest BCUT2D eigenvalue weighted by molar-refractivity contribution is -0.131. The lowest BCUT2D eigenvalue weighted by Gasteiger charge is -2.28. The van der Waals surface area contributed by atoms with Gasteiger partial charge in [0.15, 0.2) is 0 Å². The van der Waals surface area contributed by atoms with Gasteiger partial charge in [-0.1, -0.05) is 19.1 Å². The van der Waals surface area contributed by atoms with Crippen molar-refractivity contribution in [2.45, 2.75) is 44.4 Å². The van der Waals surface area contributed by atoms with Crippen LogP contribution in [0.5, 0.6) is 5.75 Å². The van der Waals surface area contributed by atoms with Crippen LogP contribution in [-0.2, 0) is 9.59 Å². The van der Waals surface area contributed by atoms with Gasteiger partial charge in [0, 0.05) is 24.3 Å². The third kappa shape index (κ3) is 5.60. The molecule has 7 nitrogen and oxygen atoms in total. The van der Waals surface area contributed by atoms with Crippen LogP contribution in [-0.4, -0.2) is 53.5 Å². The molecule has 0 aromatic heterocycles. The molecule has 3 unspecified atom stereocenters. The first-order valence-electron chi connectivity index (χ1n) is 10.7. The van der Waals surface area contributed by atoms with Crippen molar-refractivity contribution >= 4 is 23.6 Å². The van der Waals surface area contributed by atoms with Gasteiger partial charge < -0.3 is 20.1 Å². The molecule has 0 bridgehead atoms. The number of hydrogen-bond acceptors (Lipinski definition) is 6. The fourth-order valence-corrected chi connectivity index (χ4v) is 5.48. The Labute approximate surface area is 187 Å². The molecule has 8 heteroatoms. The quantitative estimate of drug-likeness (QED) is 0.641. The number of aliphatic hydroxyl groups excluding tert-OH is 1. The number of benzene rings is 1. The second-order valence-corrected chi connectivity index (χ2v) is 9.05. The molecular weight excluding hydrogens is 414 g/mol. The van der Waals surface area contributed by atoms with Crippen LogP contribution in [0.3, 0.4) is 0 Å². The molecule has 1 aromatic rings. The minimum Gasteiger partial charge on any atom is -0.494 e. The number of amides is 2. The molecule has 3 rings (SSSR count). The van der Waals surface area contributed by atoms with Crippen molar-refractivity contribution in [1.82, 2.24) is 10.2 Å². The van der Waals surface area contributed by atoms with Crippen LogP contribution in [0, 0.1) is 17.2 Å². The van der Waals surface area contributed by atoms with E-state index in [1.807, 2.05) is 38.1 Å². The largest absolute Gasteiger partial charge is 0.494 e. The molecule has 0 saturated heterocycles. The van der Waals surface area contributed by atoms with Gasteiger partial charge in [0.05, 0.1) is 37.1 Å². The lowest BCUT2D eigenvalue weighted by Crippen LogP contribution is -2.37. The third-order valence-corrected chi connectivity index (χ3v) is 6.96. The Bertz CT molecular complexity index is 895. The van der Waals surface area contributed by atoms with Gasteiger partial charge in [0.2, 0.25) is 11.8 Å². The number of rotatable bonds is 8. The summed E-state index contributed by atoms with van der Waals surface area (Å²) in [6, 6.07) is 10.1. The van der Waals surface area contributed by atoms with Crippen LogP contribution in [0.4, 0.5) is 0 Å². The van der Waals surface area contributed by atoms with Crippen molar-refractivity contribution < 1.29 is 19.4 Å². The van der Waals surface area contributed by atoms with Gasteiger partial charge in [-0.2, -0.15) is 5.26 Å². The summed E-state index contributed by atoms with van der Waals surface area (Å²) < 4.78 is 5.55. The highest BCUT2D eigenvalue weighted by Gasteiger charge is 2.39. The molecule has 0 aliphatic carbocycles. The topological polar surface area (TPSA) is 103 Å². The molecule has 0 fully saturated rings. The van der Waals surface area contributed by atoms with Crippen molar-refractivity contribution in [2.75, 3.05) is 26.3 Å². The van der Waals surface area contributed by atoms with Crippen molar-refractivity contribution in [3.8, 4) is 11.8 Å². The van der Waals surface area contributed by atoms with Crippen LogP contribution in [0.15, 0.2) is 34.7 Å². The van der Waals surface area contributed by atoms with Gasteiger partial charge >= 0.3 is 0 Å². The van der Waals surface area contributed by atoms with E-state index in [9.17, 15) is 14.9 Å². The Morgan fingerprint density at radius 1 is 1.45 bits per heavy atom. The van der Waals surface area contributed by atoms with Crippen molar-refractivity contribution in [2.24, 2.45) is 5.92 Å². The van der Waals surface area contributed by atoms with E-state index in [2.05, 4.69) is 11.4 Å². The number of ether oxygens (including phenoxy) is 1. The van der Waals surface area contributed by atoms with Gasteiger partial charge in [-0.3, -0.25) is 9.59 Å². The van der Waals surface area contributed by atoms with Crippen molar-refractivity contribution in [1.29, 1.82) is 5.26 Å². The van der Waals surface area contributed by atoms with Gasteiger partial charge in [-0.05, 0) is 42.5 Å². The molecule has 2 heterocycles. The maximum Gasteiger partial charge on any atom is 0.225 e. The van der Waals surface area contributed by atoms with Crippen LogP contribution >= 0.6 is 11.8 Å². The molecule has 0 saturated carbocycles. The van der Waals surface area contributed by atoms with Crippen LogP contribution < -0.4 is 10.1 Å². The summed E-state index contributed by atoms with van der Waals surface area (Å²) in [7, 11) is 0. The maximum atomic E-state index is 12.7. The second kappa shape index (κ2) is 10.7. The van der Waals surface area contributed by atoms with Crippen molar-refractivity contribution in [3.05, 3.63) is 40.3 Å². The highest BCUT2D eigenvalue weighted by Crippen LogP contribution is 2.44. The first kappa shape index (κ1) is 23.2. The fourth-order valence-electron chi connectivity index (χ4n) is 4.01. The lowest BCUT2D eigenvalue weighted by atomic mass is 9.94. The van der Waals surface area contributed by atoms with Crippen LogP contribution in [0.1, 0.15) is 44.6 Å². The SMILES string of the molecule is CCOc1cccc(C(C)CC(=O)NC2SC3=C(CCN(C(=O)CCO)C3)C2C#N)c1. The number of aliphatic hydroxyl groups is 1. The highest BCUT2D eigenvalue weighted by molar-refractivity contribution is 8.04.